The Morgan fingerprint density at radius 2 is 1.79 bits per heavy atom. The van der Waals surface area contributed by atoms with Gasteiger partial charge in [0.05, 0.1) is 36.7 Å². The van der Waals surface area contributed by atoms with E-state index in [2.05, 4.69) is 15.6 Å². The molecule has 0 fully saturated rings. The molecule has 178 valence electrons. The monoisotopic (exact) mass is 502 g/mol. The van der Waals surface area contributed by atoms with Crippen molar-refractivity contribution in [1.82, 2.24) is 9.71 Å². The first-order valence-electron chi connectivity index (χ1n) is 9.87. The predicted molar refractivity (Wildman–Crippen MR) is 129 cm³/mol. The molecule has 0 aliphatic carbocycles. The van der Waals surface area contributed by atoms with Gasteiger partial charge in [-0.2, -0.15) is 0 Å². The first kappa shape index (κ1) is 24.9. The first-order valence-corrected chi connectivity index (χ1v) is 12.6. The van der Waals surface area contributed by atoms with E-state index in [1.807, 2.05) is 11.6 Å². The third-order valence-corrected chi connectivity index (χ3v) is 5.84. The number of hydrogen-bond donors (Lipinski definition) is 3. The van der Waals surface area contributed by atoms with Crippen molar-refractivity contribution in [3.05, 3.63) is 70.2 Å². The summed E-state index contributed by atoms with van der Waals surface area (Å²) < 4.78 is 29.4. The lowest BCUT2D eigenvalue weighted by atomic mass is 9.99. The van der Waals surface area contributed by atoms with Gasteiger partial charge in [0.25, 0.3) is 0 Å². The summed E-state index contributed by atoms with van der Waals surface area (Å²) in [6.45, 7) is 1.83. The Morgan fingerprint density at radius 1 is 1.06 bits per heavy atom. The zero-order chi connectivity index (χ0) is 24.9. The Hall–Kier alpha value is -3.77. The number of para-hydroxylation sites is 1. The van der Waals surface area contributed by atoms with Crippen molar-refractivity contribution in [3.8, 4) is 5.75 Å². The standard InChI is InChI=1S/C22H22N4O6S2/c1-13-8-9-17(16(10-13)20(28)15-6-4-5-7-18(15)32-2)24-21(29)25-22-23-14(12-33-22)11-19(27)26-34(3,30)31/h4-10,12H,11H2,1-3H3,(H,26,27)(H2,23,24,25,29). The molecule has 0 bridgehead atoms. The smallest absolute Gasteiger partial charge is 0.325 e. The van der Waals surface area contributed by atoms with Crippen LogP contribution in [-0.2, 0) is 21.2 Å². The van der Waals surface area contributed by atoms with Gasteiger partial charge in [0.1, 0.15) is 5.75 Å². The third-order valence-electron chi connectivity index (χ3n) is 4.43. The minimum absolute atomic E-state index is 0.198. The topological polar surface area (TPSA) is 144 Å². The predicted octanol–water partition coefficient (Wildman–Crippen LogP) is 2.95. The fourth-order valence-corrected chi connectivity index (χ4v) is 4.23. The number of nitrogens with one attached hydrogen (secondary N) is 3. The minimum Gasteiger partial charge on any atom is -0.496 e. The molecule has 3 rings (SSSR count). The van der Waals surface area contributed by atoms with E-state index in [4.69, 9.17) is 4.74 Å². The molecule has 0 saturated heterocycles. The molecule has 0 atom stereocenters. The number of aromatic nitrogens is 1. The molecule has 3 aromatic rings. The third kappa shape index (κ3) is 6.62. The van der Waals surface area contributed by atoms with Crippen LogP contribution < -0.4 is 20.1 Å². The van der Waals surface area contributed by atoms with Crippen LogP contribution in [0.2, 0.25) is 0 Å². The highest BCUT2D eigenvalue weighted by Crippen LogP contribution is 2.26. The molecule has 0 radical (unpaired) electrons. The maximum absolute atomic E-state index is 13.2. The van der Waals surface area contributed by atoms with Gasteiger partial charge in [-0.1, -0.05) is 23.8 Å². The van der Waals surface area contributed by atoms with Gasteiger partial charge in [-0.15, -0.1) is 11.3 Å². The lowest BCUT2D eigenvalue weighted by molar-refractivity contribution is -0.118. The van der Waals surface area contributed by atoms with Gasteiger partial charge in [-0.3, -0.25) is 19.6 Å². The highest BCUT2D eigenvalue weighted by atomic mass is 32.2. The van der Waals surface area contributed by atoms with Crippen LogP contribution in [-0.4, -0.2) is 44.5 Å². The molecule has 3 N–H and O–H groups in total. The summed E-state index contributed by atoms with van der Waals surface area (Å²) in [5, 5.41) is 6.92. The van der Waals surface area contributed by atoms with Crippen molar-refractivity contribution in [2.45, 2.75) is 13.3 Å². The maximum Gasteiger partial charge on any atom is 0.325 e. The van der Waals surface area contributed by atoms with Crippen LogP contribution in [0, 0.1) is 6.92 Å². The fraction of sp³-hybridized carbons (Fsp3) is 0.182. The number of carbonyl (C=O) groups excluding carboxylic acids is 3. The Bertz CT molecular complexity index is 1350. The number of carbonyl (C=O) groups is 3. The van der Waals surface area contributed by atoms with E-state index in [1.165, 1.54) is 12.5 Å². The van der Waals surface area contributed by atoms with E-state index in [1.54, 1.807) is 42.5 Å². The van der Waals surface area contributed by atoms with Gasteiger partial charge in [-0.25, -0.2) is 18.2 Å². The van der Waals surface area contributed by atoms with Crippen LogP contribution in [0.15, 0.2) is 47.8 Å². The largest absolute Gasteiger partial charge is 0.496 e. The van der Waals surface area contributed by atoms with Crippen LogP contribution in [0.5, 0.6) is 5.75 Å². The summed E-state index contributed by atoms with van der Waals surface area (Å²) in [4.78, 5) is 41.6. The fourth-order valence-electron chi connectivity index (χ4n) is 3.04. The number of methoxy groups -OCH3 is 1. The number of hydrogen-bond acceptors (Lipinski definition) is 8. The number of thiazole rings is 1. The number of aryl methyl sites for hydroxylation is 1. The van der Waals surface area contributed by atoms with Crippen molar-refractivity contribution in [2.24, 2.45) is 0 Å². The number of urea groups is 1. The number of amides is 3. The second-order valence-electron chi connectivity index (χ2n) is 7.28. The van der Waals surface area contributed by atoms with Crippen LogP contribution in [0.4, 0.5) is 15.6 Å². The Labute approximate surface area is 200 Å². The number of sulfonamides is 1. The van der Waals surface area contributed by atoms with E-state index in [-0.39, 0.29) is 22.9 Å². The Balaban J connectivity index is 1.73. The molecular weight excluding hydrogens is 480 g/mol. The lowest BCUT2D eigenvalue weighted by Gasteiger charge is -2.13. The van der Waals surface area contributed by atoms with Gasteiger partial charge < -0.3 is 10.1 Å². The van der Waals surface area contributed by atoms with Crippen molar-refractivity contribution in [1.29, 1.82) is 0 Å². The van der Waals surface area contributed by atoms with Crippen molar-refractivity contribution >= 4 is 49.9 Å². The number of ketones is 1. The highest BCUT2D eigenvalue weighted by Gasteiger charge is 2.19. The highest BCUT2D eigenvalue weighted by molar-refractivity contribution is 7.89. The van der Waals surface area contributed by atoms with Gasteiger partial charge in [0.15, 0.2) is 10.9 Å². The van der Waals surface area contributed by atoms with E-state index < -0.39 is 22.0 Å². The summed E-state index contributed by atoms with van der Waals surface area (Å²) >= 11 is 1.07. The molecule has 0 aliphatic rings. The normalized spacial score (nSPS) is 10.9. The summed E-state index contributed by atoms with van der Waals surface area (Å²) in [7, 11) is -2.19. The van der Waals surface area contributed by atoms with Crippen molar-refractivity contribution in [2.75, 3.05) is 24.0 Å². The molecule has 0 spiro atoms. The van der Waals surface area contributed by atoms with Crippen LogP contribution in [0.3, 0.4) is 0 Å². The second kappa shape index (κ2) is 10.4. The molecule has 1 heterocycles. The van der Waals surface area contributed by atoms with Gasteiger partial charge in [0, 0.05) is 10.9 Å². The average Bonchev–Trinajstić information content (AvgIpc) is 3.19. The molecular formula is C22H22N4O6S2. The Kier molecular flexibility index (Phi) is 7.64. The number of ether oxygens (including phenoxy) is 1. The van der Waals surface area contributed by atoms with Crippen LogP contribution >= 0.6 is 11.3 Å². The summed E-state index contributed by atoms with van der Waals surface area (Å²) in [6, 6.07) is 11.2. The van der Waals surface area contributed by atoms with Gasteiger partial charge in [0.2, 0.25) is 15.9 Å². The summed E-state index contributed by atoms with van der Waals surface area (Å²) in [5.41, 5.74) is 2.07. The molecule has 12 heteroatoms. The first-order chi connectivity index (χ1) is 16.1. The second-order valence-corrected chi connectivity index (χ2v) is 9.88. The summed E-state index contributed by atoms with van der Waals surface area (Å²) in [6.07, 6.45) is 0.615. The SMILES string of the molecule is COc1ccccc1C(=O)c1cc(C)ccc1NC(=O)Nc1nc(CC(=O)NS(C)(=O)=O)cs1. The zero-order valence-corrected chi connectivity index (χ0v) is 20.2. The molecule has 0 unspecified atom stereocenters. The average molecular weight is 503 g/mol. The molecule has 1 aromatic heterocycles. The molecule has 10 nitrogen and oxygen atoms in total. The van der Waals surface area contributed by atoms with E-state index in [0.29, 0.717) is 22.7 Å². The minimum atomic E-state index is -3.67. The molecule has 0 saturated carbocycles. The van der Waals surface area contributed by atoms with E-state index >= 15 is 0 Å². The Morgan fingerprint density at radius 3 is 2.50 bits per heavy atom. The number of rotatable bonds is 8. The molecule has 0 aliphatic heterocycles. The zero-order valence-electron chi connectivity index (χ0n) is 18.5. The molecule has 34 heavy (non-hydrogen) atoms. The van der Waals surface area contributed by atoms with Crippen LogP contribution in [0.25, 0.3) is 0 Å². The number of anilines is 2. The summed E-state index contributed by atoms with van der Waals surface area (Å²) in [5.74, 6) is -0.632. The van der Waals surface area contributed by atoms with Gasteiger partial charge >= 0.3 is 6.03 Å². The number of benzene rings is 2. The maximum atomic E-state index is 13.2. The van der Waals surface area contributed by atoms with Crippen molar-refractivity contribution < 1.29 is 27.5 Å². The van der Waals surface area contributed by atoms with E-state index in [9.17, 15) is 22.8 Å². The van der Waals surface area contributed by atoms with Gasteiger partial charge in [-0.05, 0) is 31.2 Å². The molecule has 2 aromatic carbocycles. The van der Waals surface area contributed by atoms with E-state index in [0.717, 1.165) is 23.2 Å². The van der Waals surface area contributed by atoms with Crippen molar-refractivity contribution in [3.63, 3.8) is 0 Å². The molecule has 3 amide bonds. The quantitative estimate of drug-likeness (QED) is 0.402. The lowest BCUT2D eigenvalue weighted by Crippen LogP contribution is -2.30. The number of nitrogens with zero attached hydrogens (tertiary/aromatic N) is 1. The van der Waals surface area contributed by atoms with Crippen LogP contribution in [0.1, 0.15) is 27.2 Å².